The molecular weight excluding hydrogens is 456 g/mol. The lowest BCUT2D eigenvalue weighted by molar-refractivity contribution is -0.131. The minimum absolute atomic E-state index is 0.0155. The second kappa shape index (κ2) is 10.8. The van der Waals surface area contributed by atoms with Crippen molar-refractivity contribution in [2.75, 3.05) is 33.9 Å². The van der Waals surface area contributed by atoms with E-state index in [2.05, 4.69) is 0 Å². The van der Waals surface area contributed by atoms with Gasteiger partial charge in [0.15, 0.2) is 0 Å². The van der Waals surface area contributed by atoms with Crippen LogP contribution in [0.15, 0.2) is 47.4 Å². The number of rotatable bonds is 7. The summed E-state index contributed by atoms with van der Waals surface area (Å²) in [6.07, 6.45) is -0.0630. The number of ether oxygens (including phenoxy) is 2. The number of nitrogens with zero attached hydrogens (tertiary/aromatic N) is 2. The monoisotopic (exact) mass is 490 g/mol. The topological polar surface area (TPSA) is 96.4 Å². The zero-order chi connectivity index (χ0) is 25.0. The highest BCUT2D eigenvalue weighted by Gasteiger charge is 2.38. The standard InChI is InChI=1S/C25H34N2O6S/c1-6-25(29)26(4)15-23-17(2)14-27(18(3)16-28)34(30,31)24-12-9-20(13-22(24)33-23)19-7-10-21(32-5)11-8-19/h7-13,17-18,23,28H,6,14-16H2,1-5H3/t17-,18-,23-/m1/s1. The summed E-state index contributed by atoms with van der Waals surface area (Å²) in [5.74, 6) is 0.712. The summed E-state index contributed by atoms with van der Waals surface area (Å²) in [7, 11) is -0.602. The quantitative estimate of drug-likeness (QED) is 0.641. The van der Waals surface area contributed by atoms with Crippen LogP contribution in [0.5, 0.6) is 11.5 Å². The molecular formula is C25H34N2O6S. The lowest BCUT2D eigenvalue weighted by Crippen LogP contribution is -2.50. The largest absolute Gasteiger partial charge is 0.497 e. The Bertz CT molecular complexity index is 1100. The van der Waals surface area contributed by atoms with Crippen LogP contribution in [-0.4, -0.2) is 74.6 Å². The van der Waals surface area contributed by atoms with Crippen molar-refractivity contribution in [1.82, 2.24) is 9.21 Å². The molecule has 0 bridgehead atoms. The Hall–Kier alpha value is -2.62. The maximum absolute atomic E-state index is 13.6. The normalized spacial score (nSPS) is 20.9. The average Bonchev–Trinajstić information content (AvgIpc) is 2.84. The van der Waals surface area contributed by atoms with Crippen molar-refractivity contribution >= 4 is 15.9 Å². The van der Waals surface area contributed by atoms with Crippen LogP contribution in [-0.2, 0) is 14.8 Å². The van der Waals surface area contributed by atoms with Crippen LogP contribution in [0.1, 0.15) is 27.2 Å². The molecule has 1 heterocycles. The van der Waals surface area contributed by atoms with Crippen LogP contribution in [0.3, 0.4) is 0 Å². The van der Waals surface area contributed by atoms with Crippen LogP contribution >= 0.6 is 0 Å². The Morgan fingerprint density at radius 1 is 1.24 bits per heavy atom. The molecule has 0 unspecified atom stereocenters. The molecule has 2 aromatic rings. The minimum atomic E-state index is -3.92. The summed E-state index contributed by atoms with van der Waals surface area (Å²) < 4.78 is 40.1. The summed E-state index contributed by atoms with van der Waals surface area (Å²) >= 11 is 0. The number of carbonyl (C=O) groups is 1. The van der Waals surface area contributed by atoms with Gasteiger partial charge in [0.05, 0.1) is 20.3 Å². The van der Waals surface area contributed by atoms with E-state index < -0.39 is 22.2 Å². The van der Waals surface area contributed by atoms with E-state index in [1.807, 2.05) is 31.2 Å². The number of fused-ring (bicyclic) bond motifs is 1. The van der Waals surface area contributed by atoms with E-state index in [9.17, 15) is 18.3 Å². The van der Waals surface area contributed by atoms with Crippen LogP contribution in [0.4, 0.5) is 0 Å². The summed E-state index contributed by atoms with van der Waals surface area (Å²) in [6.45, 7) is 5.57. The Labute approximate surface area is 202 Å². The van der Waals surface area contributed by atoms with Gasteiger partial charge in [0, 0.05) is 32.0 Å². The smallest absolute Gasteiger partial charge is 0.247 e. The Morgan fingerprint density at radius 3 is 2.47 bits per heavy atom. The number of carbonyl (C=O) groups excluding carboxylic acids is 1. The molecule has 0 saturated carbocycles. The summed E-state index contributed by atoms with van der Waals surface area (Å²) in [4.78, 5) is 13.9. The van der Waals surface area contributed by atoms with Crippen molar-refractivity contribution in [3.8, 4) is 22.6 Å². The van der Waals surface area contributed by atoms with Crippen LogP contribution < -0.4 is 9.47 Å². The number of likely N-dealkylation sites (N-methyl/N-ethyl adjacent to an activating group) is 1. The molecule has 8 nitrogen and oxygen atoms in total. The molecule has 1 aliphatic rings. The molecule has 186 valence electrons. The Morgan fingerprint density at radius 2 is 1.88 bits per heavy atom. The van der Waals surface area contributed by atoms with Crippen molar-refractivity contribution in [2.24, 2.45) is 5.92 Å². The second-order valence-corrected chi connectivity index (χ2v) is 10.6. The fraction of sp³-hybridized carbons (Fsp3) is 0.480. The molecule has 0 fully saturated rings. The predicted molar refractivity (Wildman–Crippen MR) is 130 cm³/mol. The van der Waals surface area contributed by atoms with Gasteiger partial charge >= 0.3 is 0 Å². The molecule has 3 atom stereocenters. The highest BCUT2D eigenvalue weighted by molar-refractivity contribution is 7.89. The molecule has 0 saturated heterocycles. The van der Waals surface area contributed by atoms with E-state index in [0.717, 1.165) is 16.9 Å². The molecule has 0 aliphatic carbocycles. The predicted octanol–water partition coefficient (Wildman–Crippen LogP) is 3.00. The first-order valence-corrected chi connectivity index (χ1v) is 12.9. The van der Waals surface area contributed by atoms with Gasteiger partial charge in [-0.25, -0.2) is 8.42 Å². The van der Waals surface area contributed by atoms with Gasteiger partial charge in [-0.2, -0.15) is 4.31 Å². The van der Waals surface area contributed by atoms with Crippen molar-refractivity contribution in [3.63, 3.8) is 0 Å². The van der Waals surface area contributed by atoms with Crippen LogP contribution in [0.2, 0.25) is 0 Å². The van der Waals surface area contributed by atoms with E-state index in [4.69, 9.17) is 9.47 Å². The summed E-state index contributed by atoms with van der Waals surface area (Å²) in [5, 5.41) is 9.77. The van der Waals surface area contributed by atoms with Gasteiger partial charge in [0.25, 0.3) is 0 Å². The van der Waals surface area contributed by atoms with Crippen molar-refractivity contribution in [2.45, 2.75) is 44.2 Å². The van der Waals surface area contributed by atoms with Gasteiger partial charge < -0.3 is 19.5 Å². The number of hydrogen-bond donors (Lipinski definition) is 1. The average molecular weight is 491 g/mol. The van der Waals surface area contributed by atoms with E-state index in [1.165, 1.54) is 4.31 Å². The van der Waals surface area contributed by atoms with Crippen molar-refractivity contribution < 1.29 is 27.8 Å². The van der Waals surface area contributed by atoms with Crippen molar-refractivity contribution in [3.05, 3.63) is 42.5 Å². The van der Waals surface area contributed by atoms with Crippen LogP contribution in [0.25, 0.3) is 11.1 Å². The third-order valence-corrected chi connectivity index (χ3v) is 8.29. The van der Waals surface area contributed by atoms with Gasteiger partial charge in [0.2, 0.25) is 15.9 Å². The Balaban J connectivity index is 2.10. The first kappa shape index (κ1) is 26.0. The molecule has 2 aromatic carbocycles. The van der Waals surface area contributed by atoms with Gasteiger partial charge in [-0.3, -0.25) is 4.79 Å². The fourth-order valence-electron chi connectivity index (χ4n) is 4.05. The number of sulfonamides is 1. The SMILES string of the molecule is CCC(=O)N(C)C[C@H]1Oc2cc(-c3ccc(OC)cc3)ccc2S(=O)(=O)N([C@H](C)CO)C[C@H]1C. The number of amides is 1. The molecule has 0 aromatic heterocycles. The molecule has 1 N–H and O–H groups in total. The zero-order valence-electron chi connectivity index (χ0n) is 20.4. The lowest BCUT2D eigenvalue weighted by Gasteiger charge is -2.37. The van der Waals surface area contributed by atoms with E-state index in [-0.39, 0.29) is 35.6 Å². The molecule has 0 spiro atoms. The highest BCUT2D eigenvalue weighted by Crippen LogP contribution is 2.36. The summed E-state index contributed by atoms with van der Waals surface area (Å²) in [5.41, 5.74) is 1.68. The number of aliphatic hydroxyl groups is 1. The third kappa shape index (κ3) is 5.37. The fourth-order valence-corrected chi connectivity index (χ4v) is 5.87. The van der Waals surface area contributed by atoms with Gasteiger partial charge in [0.1, 0.15) is 22.5 Å². The maximum atomic E-state index is 13.6. The van der Waals surface area contributed by atoms with E-state index >= 15 is 0 Å². The van der Waals surface area contributed by atoms with Crippen molar-refractivity contribution in [1.29, 1.82) is 0 Å². The van der Waals surface area contributed by atoms with Gasteiger partial charge in [-0.15, -0.1) is 0 Å². The molecule has 0 radical (unpaired) electrons. The minimum Gasteiger partial charge on any atom is -0.497 e. The number of methoxy groups -OCH3 is 1. The summed E-state index contributed by atoms with van der Waals surface area (Å²) in [6, 6.07) is 11.9. The third-order valence-electron chi connectivity index (χ3n) is 6.27. The van der Waals surface area contributed by atoms with Gasteiger partial charge in [-0.1, -0.05) is 32.0 Å². The Kier molecular flexibility index (Phi) is 8.22. The number of aliphatic hydroxyl groups excluding tert-OH is 1. The number of hydrogen-bond acceptors (Lipinski definition) is 6. The first-order chi connectivity index (χ1) is 16.1. The number of benzene rings is 2. The van der Waals surface area contributed by atoms with E-state index in [0.29, 0.717) is 13.0 Å². The highest BCUT2D eigenvalue weighted by atomic mass is 32.2. The molecule has 3 rings (SSSR count). The molecule has 34 heavy (non-hydrogen) atoms. The zero-order valence-corrected chi connectivity index (χ0v) is 21.2. The maximum Gasteiger partial charge on any atom is 0.247 e. The lowest BCUT2D eigenvalue weighted by atomic mass is 10.0. The van der Waals surface area contributed by atoms with Crippen LogP contribution in [0, 0.1) is 5.92 Å². The van der Waals surface area contributed by atoms with Gasteiger partial charge in [-0.05, 0) is 42.3 Å². The molecule has 9 heteroatoms. The van der Waals surface area contributed by atoms with E-state index in [1.54, 1.807) is 51.1 Å². The molecule has 1 aliphatic heterocycles. The molecule has 1 amide bonds. The second-order valence-electron chi connectivity index (χ2n) is 8.76. The first-order valence-electron chi connectivity index (χ1n) is 11.4.